The van der Waals surface area contributed by atoms with Gasteiger partial charge in [0.25, 0.3) is 0 Å². The number of thioether (sulfide) groups is 1. The number of nitrogens with zero attached hydrogens (tertiary/aromatic N) is 1. The van der Waals surface area contributed by atoms with E-state index in [0.717, 1.165) is 11.5 Å². The number of para-hydroxylation sites is 1. The van der Waals surface area contributed by atoms with Crippen molar-refractivity contribution in [2.24, 2.45) is 4.99 Å². The van der Waals surface area contributed by atoms with Gasteiger partial charge in [0.2, 0.25) is 0 Å². The summed E-state index contributed by atoms with van der Waals surface area (Å²) < 4.78 is 0. The van der Waals surface area contributed by atoms with Gasteiger partial charge in [-0.25, -0.2) is 0 Å². The summed E-state index contributed by atoms with van der Waals surface area (Å²) in [6.45, 7) is 2.01. The first-order valence-corrected chi connectivity index (χ1v) is 13.1. The zero-order chi connectivity index (χ0) is 24.3. The Labute approximate surface area is 216 Å². The third kappa shape index (κ3) is 4.36. The van der Waals surface area contributed by atoms with Crippen LogP contribution >= 0.6 is 11.8 Å². The Morgan fingerprint density at radius 3 is 2.42 bits per heavy atom. The first-order chi connectivity index (χ1) is 17.8. The van der Waals surface area contributed by atoms with E-state index in [1.54, 1.807) is 0 Å². The fourth-order valence-corrected chi connectivity index (χ4v) is 5.88. The summed E-state index contributed by atoms with van der Waals surface area (Å²) in [7, 11) is 0. The van der Waals surface area contributed by atoms with Gasteiger partial charge in [0.15, 0.2) is 0 Å². The number of hydrogen-bond acceptors (Lipinski definition) is 4. The van der Waals surface area contributed by atoms with Crippen LogP contribution in [0.4, 0.5) is 11.4 Å². The molecule has 4 heteroatoms. The number of anilines is 2. The lowest BCUT2D eigenvalue weighted by Gasteiger charge is -2.26. The van der Waals surface area contributed by atoms with E-state index in [0.29, 0.717) is 0 Å². The quantitative estimate of drug-likeness (QED) is 0.278. The van der Waals surface area contributed by atoms with Crippen molar-refractivity contribution >= 4 is 39.7 Å². The molecule has 6 rings (SSSR count). The molecule has 0 radical (unpaired) electrons. The molecular formula is C32H27N3S. The van der Waals surface area contributed by atoms with Crippen molar-refractivity contribution in [3.05, 3.63) is 138 Å². The van der Waals surface area contributed by atoms with E-state index in [-0.39, 0.29) is 11.4 Å². The molecule has 2 unspecified atom stereocenters. The predicted octanol–water partition coefficient (Wildman–Crippen LogP) is 8.66. The highest BCUT2D eigenvalue weighted by Crippen LogP contribution is 2.46. The van der Waals surface area contributed by atoms with Gasteiger partial charge in [-0.1, -0.05) is 115 Å². The van der Waals surface area contributed by atoms with Gasteiger partial charge >= 0.3 is 0 Å². The van der Waals surface area contributed by atoms with Gasteiger partial charge in [-0.05, 0) is 41.6 Å². The summed E-state index contributed by atoms with van der Waals surface area (Å²) in [5.74, 6) is 0.863. The maximum Gasteiger partial charge on any atom is 0.126 e. The molecule has 176 valence electrons. The SMILES string of the molecule is C\C=C/C=C\C=C\C1=NC(c2ccc(C3Nc4ccccc4S3)cc2)c2ccc3ccccc3c2N1. The van der Waals surface area contributed by atoms with Crippen molar-refractivity contribution in [1.29, 1.82) is 0 Å². The summed E-state index contributed by atoms with van der Waals surface area (Å²) in [5, 5.41) is 9.89. The normalized spacial score (nSPS) is 18.9. The number of fused-ring (bicyclic) bond motifs is 4. The molecule has 2 aliphatic rings. The molecule has 4 aromatic rings. The molecule has 2 atom stereocenters. The van der Waals surface area contributed by atoms with Crippen LogP contribution in [0.3, 0.4) is 0 Å². The number of nitrogens with one attached hydrogen (secondary N) is 2. The van der Waals surface area contributed by atoms with Crippen molar-refractivity contribution in [1.82, 2.24) is 0 Å². The maximum atomic E-state index is 5.12. The van der Waals surface area contributed by atoms with Crippen molar-refractivity contribution in [2.45, 2.75) is 23.2 Å². The Morgan fingerprint density at radius 1 is 0.778 bits per heavy atom. The second-order valence-corrected chi connectivity index (χ2v) is 10.0. The number of benzene rings is 4. The summed E-state index contributed by atoms with van der Waals surface area (Å²) >= 11 is 1.87. The second kappa shape index (κ2) is 9.92. The summed E-state index contributed by atoms with van der Waals surface area (Å²) in [6.07, 6.45) is 12.2. The molecule has 4 aromatic carbocycles. The molecule has 0 aromatic heterocycles. The van der Waals surface area contributed by atoms with E-state index in [9.17, 15) is 0 Å². The summed E-state index contributed by atoms with van der Waals surface area (Å²) in [4.78, 5) is 6.42. The van der Waals surface area contributed by atoms with Crippen LogP contribution in [0.1, 0.15) is 35.0 Å². The van der Waals surface area contributed by atoms with E-state index in [1.807, 2.05) is 55.1 Å². The molecule has 2 heterocycles. The largest absolute Gasteiger partial charge is 0.368 e. The van der Waals surface area contributed by atoms with Crippen molar-refractivity contribution in [2.75, 3.05) is 10.6 Å². The minimum atomic E-state index is -0.0690. The molecule has 2 aliphatic heterocycles. The third-order valence-electron chi connectivity index (χ3n) is 6.53. The van der Waals surface area contributed by atoms with Gasteiger partial charge in [-0.2, -0.15) is 0 Å². The molecular weight excluding hydrogens is 458 g/mol. The number of rotatable bonds is 5. The Kier molecular flexibility index (Phi) is 6.18. The molecule has 36 heavy (non-hydrogen) atoms. The second-order valence-electron chi connectivity index (χ2n) is 8.87. The number of hydrogen-bond donors (Lipinski definition) is 2. The van der Waals surface area contributed by atoms with Crippen LogP contribution in [0.5, 0.6) is 0 Å². The zero-order valence-electron chi connectivity index (χ0n) is 20.1. The highest BCUT2D eigenvalue weighted by Gasteiger charge is 2.26. The summed E-state index contributed by atoms with van der Waals surface area (Å²) in [6, 6.07) is 30.3. The Balaban J connectivity index is 1.34. The van der Waals surface area contributed by atoms with E-state index >= 15 is 0 Å². The fourth-order valence-electron chi connectivity index (χ4n) is 4.74. The first kappa shape index (κ1) is 22.4. The first-order valence-electron chi connectivity index (χ1n) is 12.2. The average Bonchev–Trinajstić information content (AvgIpc) is 3.37. The van der Waals surface area contributed by atoms with Gasteiger partial charge in [0.05, 0.1) is 5.69 Å². The molecule has 0 spiro atoms. The van der Waals surface area contributed by atoms with Crippen molar-refractivity contribution in [3.63, 3.8) is 0 Å². The van der Waals surface area contributed by atoms with E-state index in [1.165, 1.54) is 38.0 Å². The van der Waals surface area contributed by atoms with Crippen LogP contribution in [0.2, 0.25) is 0 Å². The smallest absolute Gasteiger partial charge is 0.126 e. The molecule has 0 aliphatic carbocycles. The Hall–Kier alpha value is -4.02. The average molecular weight is 486 g/mol. The molecule has 0 saturated carbocycles. The monoisotopic (exact) mass is 485 g/mol. The molecule has 0 bridgehead atoms. The Morgan fingerprint density at radius 2 is 1.56 bits per heavy atom. The van der Waals surface area contributed by atoms with E-state index < -0.39 is 0 Å². The number of amidine groups is 1. The molecule has 0 saturated heterocycles. The van der Waals surface area contributed by atoms with Gasteiger partial charge in [0.1, 0.15) is 17.3 Å². The van der Waals surface area contributed by atoms with Crippen LogP contribution in [0, 0.1) is 0 Å². The molecule has 0 fully saturated rings. The lowest BCUT2D eigenvalue weighted by atomic mass is 9.92. The van der Waals surface area contributed by atoms with Crippen molar-refractivity contribution < 1.29 is 0 Å². The van der Waals surface area contributed by atoms with Gasteiger partial charge in [-0.15, -0.1) is 0 Å². The van der Waals surface area contributed by atoms with E-state index in [2.05, 4.69) is 95.6 Å². The topological polar surface area (TPSA) is 36.4 Å². The molecule has 3 nitrogen and oxygen atoms in total. The van der Waals surface area contributed by atoms with Gasteiger partial charge < -0.3 is 10.6 Å². The van der Waals surface area contributed by atoms with Crippen LogP contribution < -0.4 is 10.6 Å². The lowest BCUT2D eigenvalue weighted by molar-refractivity contribution is 0.865. The lowest BCUT2D eigenvalue weighted by Crippen LogP contribution is -2.19. The van der Waals surface area contributed by atoms with Gasteiger partial charge in [0, 0.05) is 21.5 Å². The minimum absolute atomic E-state index is 0.0690. The highest BCUT2D eigenvalue weighted by molar-refractivity contribution is 8.00. The number of allylic oxidation sites excluding steroid dienone is 5. The number of aliphatic imine (C=N–C) groups is 1. The third-order valence-corrected chi connectivity index (χ3v) is 7.77. The highest BCUT2D eigenvalue weighted by atomic mass is 32.2. The maximum absolute atomic E-state index is 5.12. The summed E-state index contributed by atoms with van der Waals surface area (Å²) in [5.41, 5.74) is 6.00. The minimum Gasteiger partial charge on any atom is -0.368 e. The van der Waals surface area contributed by atoms with Crippen LogP contribution in [-0.2, 0) is 0 Å². The fraction of sp³-hybridized carbons (Fsp3) is 0.0938. The van der Waals surface area contributed by atoms with Crippen molar-refractivity contribution in [3.8, 4) is 0 Å². The predicted molar refractivity (Wildman–Crippen MR) is 155 cm³/mol. The van der Waals surface area contributed by atoms with Gasteiger partial charge in [-0.3, -0.25) is 4.99 Å². The van der Waals surface area contributed by atoms with Crippen LogP contribution in [-0.4, -0.2) is 5.84 Å². The standard InChI is InChI=1S/C32H27N3S/c1-2-3-4-5-6-15-29-34-30(26-21-20-22-11-7-8-12-25(22)31(26)35-29)23-16-18-24(19-17-23)32-33-27-13-9-10-14-28(27)36-32/h2-21,30,32-33H,1H3,(H,34,35)/b3-2-,5-4-,15-6+. The molecule has 2 N–H and O–H groups in total. The van der Waals surface area contributed by atoms with E-state index in [4.69, 9.17) is 4.99 Å². The van der Waals surface area contributed by atoms with Crippen LogP contribution in [0.15, 0.2) is 131 Å². The zero-order valence-corrected chi connectivity index (χ0v) is 20.9. The van der Waals surface area contributed by atoms with Crippen LogP contribution in [0.25, 0.3) is 10.8 Å². The Bertz CT molecular complexity index is 1500. The molecule has 0 amide bonds.